The number of hydrazine groups is 1. The Labute approximate surface area is 77.1 Å². The summed E-state index contributed by atoms with van der Waals surface area (Å²) in [6.07, 6.45) is 6.33. The Hall–Kier alpha value is -1.70. The third-order valence-electron chi connectivity index (χ3n) is 2.44. The molecule has 2 bridgehead atoms. The molecular weight excluding hydrogens is 160 g/mol. The predicted octanol–water partition coefficient (Wildman–Crippen LogP) is 1.92. The van der Waals surface area contributed by atoms with Gasteiger partial charge in [0.1, 0.15) is 0 Å². The quantitative estimate of drug-likeness (QED) is 0.640. The normalized spacial score (nSPS) is 17.5. The third-order valence-corrected chi connectivity index (χ3v) is 2.44. The Balaban J connectivity index is 2.23. The highest BCUT2D eigenvalue weighted by Crippen LogP contribution is 2.28. The summed E-state index contributed by atoms with van der Waals surface area (Å²) in [5.41, 5.74) is 7.13. The Bertz CT molecular complexity index is 404. The van der Waals surface area contributed by atoms with Crippen molar-refractivity contribution in [2.45, 2.75) is 0 Å². The smallest absolute Gasteiger partial charge is 0.0648 e. The molecule has 1 aromatic carbocycles. The van der Waals surface area contributed by atoms with E-state index in [0.717, 1.165) is 6.54 Å². The van der Waals surface area contributed by atoms with Gasteiger partial charge in [-0.15, -0.1) is 0 Å². The third kappa shape index (κ3) is 0.952. The number of benzene rings is 1. The first-order valence-electron chi connectivity index (χ1n) is 4.43. The van der Waals surface area contributed by atoms with Crippen LogP contribution in [0.2, 0.25) is 0 Å². The van der Waals surface area contributed by atoms with Crippen molar-refractivity contribution in [1.29, 1.82) is 0 Å². The van der Waals surface area contributed by atoms with Gasteiger partial charge in [0, 0.05) is 6.20 Å². The molecule has 0 atom stereocenters. The van der Waals surface area contributed by atoms with Crippen molar-refractivity contribution in [2.24, 2.45) is 0 Å². The molecule has 2 heteroatoms. The summed E-state index contributed by atoms with van der Waals surface area (Å²) < 4.78 is 0. The maximum Gasteiger partial charge on any atom is 0.0648 e. The van der Waals surface area contributed by atoms with Crippen LogP contribution in [0.25, 0.3) is 6.08 Å². The highest BCUT2D eigenvalue weighted by Gasteiger charge is 2.17. The van der Waals surface area contributed by atoms with Gasteiger partial charge < -0.3 is 5.43 Å². The van der Waals surface area contributed by atoms with Crippen LogP contribution in [-0.2, 0) is 0 Å². The van der Waals surface area contributed by atoms with E-state index in [4.69, 9.17) is 0 Å². The standard InChI is InChI=1S/C11H10N2/c1-2-4-11-10(3-1)7-9-5-6-12-13(11)8-9/h1-7,12H,8H2. The maximum absolute atomic E-state index is 3.22. The number of para-hydroxylation sites is 1. The molecule has 0 unspecified atom stereocenters. The van der Waals surface area contributed by atoms with E-state index in [9.17, 15) is 0 Å². The molecule has 2 nitrogen and oxygen atoms in total. The number of anilines is 1. The summed E-state index contributed by atoms with van der Waals surface area (Å²) in [7, 11) is 0. The zero-order valence-corrected chi connectivity index (χ0v) is 7.20. The van der Waals surface area contributed by atoms with Crippen LogP contribution in [-0.4, -0.2) is 6.54 Å². The summed E-state index contributed by atoms with van der Waals surface area (Å²) in [6, 6.07) is 8.41. The van der Waals surface area contributed by atoms with Gasteiger partial charge in [0.05, 0.1) is 12.2 Å². The van der Waals surface area contributed by atoms with E-state index in [0.29, 0.717) is 0 Å². The number of fused-ring (bicyclic) bond motifs is 4. The molecule has 0 saturated heterocycles. The van der Waals surface area contributed by atoms with E-state index in [-0.39, 0.29) is 0 Å². The van der Waals surface area contributed by atoms with Crippen LogP contribution in [0.15, 0.2) is 42.1 Å². The molecule has 1 N–H and O–H groups in total. The van der Waals surface area contributed by atoms with E-state index in [1.54, 1.807) is 0 Å². The van der Waals surface area contributed by atoms with Crippen molar-refractivity contribution in [3.63, 3.8) is 0 Å². The topological polar surface area (TPSA) is 15.3 Å². The Morgan fingerprint density at radius 2 is 2.15 bits per heavy atom. The van der Waals surface area contributed by atoms with Gasteiger partial charge in [-0.3, -0.25) is 5.01 Å². The summed E-state index contributed by atoms with van der Waals surface area (Å²) >= 11 is 0. The molecule has 2 aliphatic heterocycles. The minimum absolute atomic E-state index is 0.966. The van der Waals surface area contributed by atoms with E-state index in [2.05, 4.69) is 46.9 Å². The van der Waals surface area contributed by atoms with Crippen molar-refractivity contribution < 1.29 is 0 Å². The second-order valence-corrected chi connectivity index (χ2v) is 3.33. The fourth-order valence-electron chi connectivity index (χ4n) is 1.82. The highest BCUT2D eigenvalue weighted by molar-refractivity contribution is 5.75. The van der Waals surface area contributed by atoms with E-state index in [1.165, 1.54) is 16.8 Å². The molecular formula is C11H10N2. The van der Waals surface area contributed by atoms with Crippen molar-refractivity contribution in [3.05, 3.63) is 47.7 Å². The molecule has 3 rings (SSSR count). The second-order valence-electron chi connectivity index (χ2n) is 3.33. The monoisotopic (exact) mass is 170 g/mol. The Morgan fingerprint density at radius 1 is 1.23 bits per heavy atom. The van der Waals surface area contributed by atoms with Gasteiger partial charge in [-0.2, -0.15) is 0 Å². The van der Waals surface area contributed by atoms with Crippen LogP contribution in [0.4, 0.5) is 5.69 Å². The summed E-state index contributed by atoms with van der Waals surface area (Å²) in [5, 5.41) is 2.16. The first-order chi connectivity index (χ1) is 6.43. The Morgan fingerprint density at radius 3 is 3.15 bits per heavy atom. The highest BCUT2D eigenvalue weighted by atomic mass is 15.5. The average molecular weight is 170 g/mol. The minimum Gasteiger partial charge on any atom is -0.305 e. The van der Waals surface area contributed by atoms with Gasteiger partial charge in [-0.1, -0.05) is 18.2 Å². The first kappa shape index (κ1) is 6.78. The summed E-state index contributed by atoms with van der Waals surface area (Å²) in [4.78, 5) is 0. The average Bonchev–Trinajstić information content (AvgIpc) is 2.18. The zero-order valence-electron chi connectivity index (χ0n) is 7.20. The number of nitrogens with one attached hydrogen (secondary N) is 1. The first-order valence-corrected chi connectivity index (χ1v) is 4.43. The van der Waals surface area contributed by atoms with Crippen LogP contribution in [0, 0.1) is 0 Å². The molecule has 13 heavy (non-hydrogen) atoms. The molecule has 0 aliphatic carbocycles. The lowest BCUT2D eigenvalue weighted by molar-refractivity contribution is 0.754. The minimum atomic E-state index is 0.966. The molecule has 1 aromatic rings. The van der Waals surface area contributed by atoms with Crippen molar-refractivity contribution in [3.8, 4) is 0 Å². The van der Waals surface area contributed by atoms with Crippen molar-refractivity contribution in [1.82, 2.24) is 5.43 Å². The van der Waals surface area contributed by atoms with Crippen LogP contribution >= 0.6 is 0 Å². The van der Waals surface area contributed by atoms with Crippen LogP contribution in [0.5, 0.6) is 0 Å². The van der Waals surface area contributed by atoms with Crippen molar-refractivity contribution >= 4 is 11.8 Å². The van der Waals surface area contributed by atoms with Gasteiger partial charge in [0.2, 0.25) is 0 Å². The fourth-order valence-corrected chi connectivity index (χ4v) is 1.82. The van der Waals surface area contributed by atoms with Crippen LogP contribution in [0.1, 0.15) is 5.56 Å². The molecule has 0 saturated carbocycles. The number of nitrogens with zero attached hydrogens (tertiary/aromatic N) is 1. The fraction of sp³-hybridized carbons (Fsp3) is 0.0909. The summed E-state index contributed by atoms with van der Waals surface area (Å²) in [6.45, 7) is 0.966. The molecule has 2 heterocycles. The van der Waals surface area contributed by atoms with Crippen LogP contribution in [0.3, 0.4) is 0 Å². The van der Waals surface area contributed by atoms with Gasteiger partial charge >= 0.3 is 0 Å². The summed E-state index contributed by atoms with van der Waals surface area (Å²) in [5.74, 6) is 0. The van der Waals surface area contributed by atoms with E-state index in [1.807, 2.05) is 6.20 Å². The number of hydrogen-bond donors (Lipinski definition) is 1. The molecule has 0 fully saturated rings. The van der Waals surface area contributed by atoms with Gasteiger partial charge in [0.15, 0.2) is 0 Å². The Kier molecular flexibility index (Phi) is 1.25. The maximum atomic E-state index is 3.22. The van der Waals surface area contributed by atoms with Gasteiger partial charge in [0.25, 0.3) is 0 Å². The predicted molar refractivity (Wildman–Crippen MR) is 54.0 cm³/mol. The molecule has 0 amide bonds. The lowest BCUT2D eigenvalue weighted by Crippen LogP contribution is -2.40. The molecule has 2 aliphatic rings. The van der Waals surface area contributed by atoms with Gasteiger partial charge in [-0.25, -0.2) is 0 Å². The SMILES string of the molecule is C1=CC2=Cc3ccccc3N(C2)N1. The van der Waals surface area contributed by atoms with E-state index < -0.39 is 0 Å². The largest absolute Gasteiger partial charge is 0.305 e. The number of rotatable bonds is 0. The second kappa shape index (κ2) is 2.39. The zero-order chi connectivity index (χ0) is 8.67. The molecule has 64 valence electrons. The van der Waals surface area contributed by atoms with Gasteiger partial charge in [-0.05, 0) is 29.4 Å². The lowest BCUT2D eigenvalue weighted by atomic mass is 10.0. The molecule has 0 aromatic heterocycles. The van der Waals surface area contributed by atoms with Crippen LogP contribution < -0.4 is 10.4 Å². The lowest BCUT2D eigenvalue weighted by Gasteiger charge is -2.32. The molecule has 0 radical (unpaired) electrons. The van der Waals surface area contributed by atoms with Crippen molar-refractivity contribution in [2.75, 3.05) is 11.6 Å². The van der Waals surface area contributed by atoms with E-state index >= 15 is 0 Å². The molecule has 0 spiro atoms. The number of hydrogen-bond acceptors (Lipinski definition) is 2.